The van der Waals surface area contributed by atoms with Gasteiger partial charge in [0.25, 0.3) is 0 Å². The lowest BCUT2D eigenvalue weighted by Crippen LogP contribution is -1.97. The number of aromatic hydroxyl groups is 1. The molecule has 0 aliphatic rings. The van der Waals surface area contributed by atoms with Gasteiger partial charge in [-0.25, -0.2) is 0 Å². The molecule has 0 radical (unpaired) electrons. The molecular formula is C29H20BrClO5. The van der Waals surface area contributed by atoms with Crippen molar-refractivity contribution in [3.05, 3.63) is 107 Å². The fourth-order valence-corrected chi connectivity index (χ4v) is 4.37. The molecule has 0 atom stereocenters. The number of rotatable bonds is 7. The molecule has 0 aliphatic carbocycles. The van der Waals surface area contributed by atoms with Crippen LogP contribution in [0.3, 0.4) is 0 Å². The first-order valence-electron chi connectivity index (χ1n) is 11.0. The summed E-state index contributed by atoms with van der Waals surface area (Å²) in [6.45, 7) is 0. The summed E-state index contributed by atoms with van der Waals surface area (Å²) in [6.07, 6.45) is 0. The monoisotopic (exact) mass is 562 g/mol. The van der Waals surface area contributed by atoms with Crippen molar-refractivity contribution in [1.29, 1.82) is 0 Å². The molecule has 0 saturated heterocycles. The number of fused-ring (bicyclic) bond motifs is 1. The Bertz CT molecular complexity index is 1520. The topological polar surface area (TPSA) is 57.2 Å². The number of methoxy groups -OCH3 is 1. The molecule has 5 aromatic carbocycles. The Hall–Kier alpha value is -3.87. The summed E-state index contributed by atoms with van der Waals surface area (Å²) in [5.41, 5.74) is 0. The molecule has 0 heterocycles. The Labute approximate surface area is 221 Å². The molecule has 5 rings (SSSR count). The number of ether oxygens (including phenoxy) is 4. The second-order valence-corrected chi connectivity index (χ2v) is 9.04. The summed E-state index contributed by atoms with van der Waals surface area (Å²) in [5, 5.41) is 13.2. The van der Waals surface area contributed by atoms with Crippen molar-refractivity contribution in [3.8, 4) is 46.0 Å². The van der Waals surface area contributed by atoms with Crippen LogP contribution in [0.2, 0.25) is 5.02 Å². The van der Waals surface area contributed by atoms with Crippen LogP contribution in [0.5, 0.6) is 46.0 Å². The van der Waals surface area contributed by atoms with E-state index in [0.717, 1.165) is 15.2 Å². The van der Waals surface area contributed by atoms with E-state index in [0.29, 0.717) is 33.8 Å². The minimum Gasteiger partial charge on any atom is -0.504 e. The lowest BCUT2D eigenvalue weighted by atomic mass is 10.1. The van der Waals surface area contributed by atoms with E-state index in [2.05, 4.69) is 15.9 Å². The zero-order valence-electron chi connectivity index (χ0n) is 19.1. The Morgan fingerprint density at radius 2 is 1.28 bits per heavy atom. The maximum atomic E-state index is 10.8. The molecule has 0 fully saturated rings. The Morgan fingerprint density at radius 3 is 2.00 bits per heavy atom. The highest BCUT2D eigenvalue weighted by molar-refractivity contribution is 9.10. The van der Waals surface area contributed by atoms with Crippen LogP contribution in [-0.4, -0.2) is 12.2 Å². The smallest absolute Gasteiger partial charge is 0.215 e. The lowest BCUT2D eigenvalue weighted by Gasteiger charge is -2.19. The van der Waals surface area contributed by atoms with Gasteiger partial charge in [0.05, 0.1) is 7.11 Å². The highest BCUT2D eigenvalue weighted by Gasteiger charge is 2.23. The van der Waals surface area contributed by atoms with Crippen LogP contribution in [0.4, 0.5) is 0 Å². The Balaban J connectivity index is 1.65. The van der Waals surface area contributed by atoms with Crippen molar-refractivity contribution in [2.75, 3.05) is 7.11 Å². The predicted molar refractivity (Wildman–Crippen MR) is 144 cm³/mol. The molecule has 5 aromatic rings. The second kappa shape index (κ2) is 10.4. The normalized spacial score (nSPS) is 10.8. The van der Waals surface area contributed by atoms with Crippen LogP contribution >= 0.6 is 27.5 Å². The third kappa shape index (κ3) is 4.91. The van der Waals surface area contributed by atoms with E-state index in [9.17, 15) is 5.11 Å². The summed E-state index contributed by atoms with van der Waals surface area (Å²) < 4.78 is 25.0. The molecular weight excluding hydrogens is 544 g/mol. The van der Waals surface area contributed by atoms with Gasteiger partial charge in [-0.05, 0) is 60.0 Å². The maximum Gasteiger partial charge on any atom is 0.215 e. The van der Waals surface area contributed by atoms with Crippen LogP contribution in [0.25, 0.3) is 10.8 Å². The molecule has 5 nitrogen and oxygen atoms in total. The molecule has 0 amide bonds. The highest BCUT2D eigenvalue weighted by atomic mass is 79.9. The first-order valence-corrected chi connectivity index (χ1v) is 12.2. The molecule has 1 N–H and O–H groups in total. The first-order chi connectivity index (χ1) is 17.5. The fraction of sp³-hybridized carbons (Fsp3) is 0.0345. The number of phenols is 1. The number of hydrogen-bond donors (Lipinski definition) is 1. The average Bonchev–Trinajstić information content (AvgIpc) is 2.90. The second-order valence-electron chi connectivity index (χ2n) is 7.75. The largest absolute Gasteiger partial charge is 0.504 e. The lowest BCUT2D eigenvalue weighted by molar-refractivity contribution is 0.341. The van der Waals surface area contributed by atoms with Gasteiger partial charge in [0.15, 0.2) is 23.0 Å². The Kier molecular flexibility index (Phi) is 6.89. The molecule has 0 aliphatic heterocycles. The SMILES string of the molecule is COc1ccc(O)c(Oc2cc(Br)c3ccccc3c2Oc2ccccc2)c1Oc1ccc(Cl)cc1. The van der Waals surface area contributed by atoms with E-state index < -0.39 is 0 Å². The molecule has 7 heteroatoms. The molecule has 0 saturated carbocycles. The molecule has 0 aromatic heterocycles. The van der Waals surface area contributed by atoms with Crippen LogP contribution in [0.1, 0.15) is 0 Å². The summed E-state index contributed by atoms with van der Waals surface area (Å²) in [4.78, 5) is 0. The maximum absolute atomic E-state index is 10.8. The van der Waals surface area contributed by atoms with Gasteiger partial charge in [-0.15, -0.1) is 0 Å². The molecule has 36 heavy (non-hydrogen) atoms. The van der Waals surface area contributed by atoms with Gasteiger partial charge in [0.1, 0.15) is 11.5 Å². The minimum absolute atomic E-state index is 0.0735. The summed E-state index contributed by atoms with van der Waals surface area (Å²) >= 11 is 9.66. The number of halogens is 2. The predicted octanol–water partition coefficient (Wildman–Crippen LogP) is 9.35. The van der Waals surface area contributed by atoms with Crippen LogP contribution < -0.4 is 18.9 Å². The van der Waals surface area contributed by atoms with Gasteiger partial charge < -0.3 is 24.1 Å². The van der Waals surface area contributed by atoms with Crippen molar-refractivity contribution in [3.63, 3.8) is 0 Å². The number of hydrogen-bond acceptors (Lipinski definition) is 5. The van der Waals surface area contributed by atoms with Gasteiger partial charge in [0.2, 0.25) is 11.5 Å². The van der Waals surface area contributed by atoms with Crippen LogP contribution in [0, 0.1) is 0 Å². The van der Waals surface area contributed by atoms with Gasteiger partial charge in [-0.1, -0.05) is 70.0 Å². The molecule has 0 spiro atoms. The minimum atomic E-state index is -0.130. The fourth-order valence-electron chi connectivity index (χ4n) is 3.69. The zero-order valence-corrected chi connectivity index (χ0v) is 21.4. The number of benzene rings is 5. The molecule has 0 bridgehead atoms. The number of phenolic OH excluding ortho intramolecular Hbond substituents is 1. The van der Waals surface area contributed by atoms with Crippen molar-refractivity contribution < 1.29 is 24.1 Å². The third-order valence-corrected chi connectivity index (χ3v) is 6.30. The summed E-state index contributed by atoms with van der Waals surface area (Å²) in [7, 11) is 1.52. The van der Waals surface area contributed by atoms with E-state index >= 15 is 0 Å². The summed E-state index contributed by atoms with van der Waals surface area (Å²) in [6, 6.07) is 29.0. The van der Waals surface area contributed by atoms with E-state index in [1.165, 1.54) is 13.2 Å². The van der Waals surface area contributed by atoms with Gasteiger partial charge in [-0.2, -0.15) is 0 Å². The standard InChI is InChI=1S/C29H20BrClO5/c1-33-25-16-15-24(32)28(29(25)35-20-13-11-18(31)12-14-20)36-26-17-23(30)21-9-5-6-10-22(21)27(26)34-19-7-3-2-4-8-19/h2-17,32H,1H3. The Morgan fingerprint density at radius 1 is 0.639 bits per heavy atom. The van der Waals surface area contributed by atoms with Gasteiger partial charge in [-0.3, -0.25) is 0 Å². The number of para-hydroxylation sites is 1. The van der Waals surface area contributed by atoms with E-state index in [1.807, 2.05) is 54.6 Å². The van der Waals surface area contributed by atoms with Crippen molar-refractivity contribution in [2.45, 2.75) is 0 Å². The van der Waals surface area contributed by atoms with Gasteiger partial charge in [0, 0.05) is 14.9 Å². The van der Waals surface area contributed by atoms with Crippen molar-refractivity contribution >= 4 is 38.3 Å². The molecule has 180 valence electrons. The highest BCUT2D eigenvalue weighted by Crippen LogP contribution is 2.51. The zero-order chi connectivity index (χ0) is 25.1. The molecule has 0 unspecified atom stereocenters. The van der Waals surface area contributed by atoms with E-state index in [-0.39, 0.29) is 17.2 Å². The van der Waals surface area contributed by atoms with Crippen LogP contribution in [-0.2, 0) is 0 Å². The van der Waals surface area contributed by atoms with E-state index in [4.69, 9.17) is 30.5 Å². The van der Waals surface area contributed by atoms with Crippen LogP contribution in [0.15, 0.2) is 102 Å². The van der Waals surface area contributed by atoms with Crippen molar-refractivity contribution in [1.82, 2.24) is 0 Å². The average molecular weight is 564 g/mol. The van der Waals surface area contributed by atoms with Gasteiger partial charge >= 0.3 is 0 Å². The summed E-state index contributed by atoms with van der Waals surface area (Å²) in [5.74, 6) is 2.52. The van der Waals surface area contributed by atoms with Crippen molar-refractivity contribution in [2.24, 2.45) is 0 Å². The third-order valence-electron chi connectivity index (χ3n) is 5.39. The first kappa shape index (κ1) is 23.9. The van der Waals surface area contributed by atoms with E-state index in [1.54, 1.807) is 36.4 Å². The quantitative estimate of drug-likeness (QED) is 0.214.